The van der Waals surface area contributed by atoms with Gasteiger partial charge in [0.2, 0.25) is 0 Å². The highest BCUT2D eigenvalue weighted by Gasteiger charge is 1.98. The molecule has 0 aliphatic rings. The Morgan fingerprint density at radius 3 is 1.20 bits per heavy atom. The average Bonchev–Trinajstić information content (AvgIpc) is 2.75. The SMILES string of the molecule is [CH2]C(C=CCCCCCCCCCCCC)CCCCCCCCCCCCCC. The van der Waals surface area contributed by atoms with Gasteiger partial charge in [-0.25, -0.2) is 0 Å². The Balaban J connectivity index is 3.22. The van der Waals surface area contributed by atoms with Gasteiger partial charge in [0.05, 0.1) is 0 Å². The van der Waals surface area contributed by atoms with E-state index in [0.717, 1.165) is 0 Å². The molecule has 179 valence electrons. The maximum atomic E-state index is 4.33. The van der Waals surface area contributed by atoms with Crippen molar-refractivity contribution < 1.29 is 0 Å². The molecule has 0 saturated carbocycles. The molecule has 0 bridgehead atoms. The monoisotopic (exact) mass is 419 g/mol. The van der Waals surface area contributed by atoms with Crippen molar-refractivity contribution in [1.82, 2.24) is 0 Å². The number of hydrogen-bond acceptors (Lipinski definition) is 0. The second-order valence-corrected chi connectivity index (χ2v) is 9.84. The number of rotatable bonds is 25. The van der Waals surface area contributed by atoms with Crippen molar-refractivity contribution in [2.75, 3.05) is 0 Å². The van der Waals surface area contributed by atoms with E-state index in [9.17, 15) is 0 Å². The van der Waals surface area contributed by atoms with E-state index in [2.05, 4.69) is 32.9 Å². The Hall–Kier alpha value is -0.260. The lowest BCUT2D eigenvalue weighted by Crippen LogP contribution is -1.90. The molecule has 0 rings (SSSR count). The molecule has 1 atom stereocenters. The predicted octanol–water partition coefficient (Wildman–Crippen LogP) is 11.4. The average molecular weight is 420 g/mol. The van der Waals surface area contributed by atoms with E-state index in [1.54, 1.807) is 0 Å². The normalized spacial score (nSPS) is 12.8. The Kier molecular flexibility index (Phi) is 26.5. The molecule has 30 heavy (non-hydrogen) atoms. The van der Waals surface area contributed by atoms with E-state index in [-0.39, 0.29) is 0 Å². The van der Waals surface area contributed by atoms with Crippen LogP contribution in [0, 0.1) is 12.8 Å². The molecule has 0 heteroatoms. The highest BCUT2D eigenvalue weighted by molar-refractivity contribution is 4.89. The van der Waals surface area contributed by atoms with E-state index >= 15 is 0 Å². The fourth-order valence-corrected chi connectivity index (χ4v) is 4.38. The Morgan fingerprint density at radius 2 is 0.800 bits per heavy atom. The van der Waals surface area contributed by atoms with E-state index in [0.29, 0.717) is 5.92 Å². The lowest BCUT2D eigenvalue weighted by molar-refractivity contribution is 0.530. The topological polar surface area (TPSA) is 0 Å². The second-order valence-electron chi connectivity index (χ2n) is 9.84. The van der Waals surface area contributed by atoms with Crippen molar-refractivity contribution in [3.05, 3.63) is 19.1 Å². The van der Waals surface area contributed by atoms with Crippen LogP contribution >= 0.6 is 0 Å². The first-order valence-electron chi connectivity index (χ1n) is 14.3. The van der Waals surface area contributed by atoms with Gasteiger partial charge in [-0.15, -0.1) is 0 Å². The van der Waals surface area contributed by atoms with Gasteiger partial charge >= 0.3 is 0 Å². The van der Waals surface area contributed by atoms with E-state index in [1.807, 2.05) is 0 Å². The first kappa shape index (κ1) is 29.7. The third-order valence-corrected chi connectivity index (χ3v) is 6.56. The largest absolute Gasteiger partial charge is 0.0883 e. The fraction of sp³-hybridized carbons (Fsp3) is 0.900. The Morgan fingerprint density at radius 1 is 0.467 bits per heavy atom. The molecule has 0 aliphatic heterocycles. The summed E-state index contributed by atoms with van der Waals surface area (Å²) in [5, 5.41) is 0. The number of unbranched alkanes of at least 4 members (excludes halogenated alkanes) is 21. The molecular formula is C30H59. The van der Waals surface area contributed by atoms with Gasteiger partial charge in [0.1, 0.15) is 0 Å². The first-order valence-corrected chi connectivity index (χ1v) is 14.3. The molecule has 0 N–H and O–H groups in total. The first-order chi connectivity index (χ1) is 14.8. The minimum absolute atomic E-state index is 0.538. The molecule has 0 aromatic heterocycles. The zero-order valence-electron chi connectivity index (χ0n) is 21.4. The molecule has 0 saturated heterocycles. The molecule has 0 aliphatic carbocycles. The fourth-order valence-electron chi connectivity index (χ4n) is 4.38. The van der Waals surface area contributed by atoms with Crippen LogP contribution in [0.5, 0.6) is 0 Å². The standard InChI is InChI=1S/C30H59/c1-4-6-8-10-12-14-16-18-20-22-24-26-28-30(3)29-27-25-23-21-19-17-15-13-11-9-7-5-2/h26,28,30H,3-25,27,29H2,1-2H3. The predicted molar refractivity (Wildman–Crippen MR) is 140 cm³/mol. The van der Waals surface area contributed by atoms with E-state index in [4.69, 9.17) is 0 Å². The summed E-state index contributed by atoms with van der Waals surface area (Å²) in [7, 11) is 0. The maximum Gasteiger partial charge on any atom is -0.0233 e. The summed E-state index contributed by atoms with van der Waals surface area (Å²) in [5.74, 6) is 0.538. The molecule has 0 nitrogen and oxygen atoms in total. The summed E-state index contributed by atoms with van der Waals surface area (Å²) < 4.78 is 0. The molecule has 1 radical (unpaired) electrons. The third-order valence-electron chi connectivity index (χ3n) is 6.56. The van der Waals surface area contributed by atoms with Crippen LogP contribution in [-0.2, 0) is 0 Å². The molecule has 0 heterocycles. The van der Waals surface area contributed by atoms with Gasteiger partial charge in [-0.3, -0.25) is 0 Å². The maximum absolute atomic E-state index is 4.33. The van der Waals surface area contributed by atoms with Crippen molar-refractivity contribution in [1.29, 1.82) is 0 Å². The summed E-state index contributed by atoms with van der Waals surface area (Å²) >= 11 is 0. The van der Waals surface area contributed by atoms with Crippen molar-refractivity contribution >= 4 is 0 Å². The van der Waals surface area contributed by atoms with Gasteiger partial charge in [0.15, 0.2) is 0 Å². The van der Waals surface area contributed by atoms with Crippen LogP contribution in [0.15, 0.2) is 12.2 Å². The molecule has 0 amide bonds. The van der Waals surface area contributed by atoms with Gasteiger partial charge < -0.3 is 0 Å². The van der Waals surface area contributed by atoms with Gasteiger partial charge in [-0.05, 0) is 32.1 Å². The summed E-state index contributed by atoms with van der Waals surface area (Å²) in [6.07, 6.45) is 38.9. The second kappa shape index (κ2) is 26.8. The lowest BCUT2D eigenvalue weighted by Gasteiger charge is -2.06. The Labute approximate surface area is 193 Å². The van der Waals surface area contributed by atoms with Crippen molar-refractivity contribution in [3.8, 4) is 0 Å². The van der Waals surface area contributed by atoms with Crippen LogP contribution in [0.4, 0.5) is 0 Å². The molecule has 0 aromatic carbocycles. The summed E-state index contributed by atoms with van der Waals surface area (Å²) in [4.78, 5) is 0. The van der Waals surface area contributed by atoms with Crippen molar-refractivity contribution in [2.45, 2.75) is 168 Å². The van der Waals surface area contributed by atoms with Crippen LogP contribution < -0.4 is 0 Å². The molecule has 0 aromatic rings. The smallest absolute Gasteiger partial charge is 0.0233 e. The van der Waals surface area contributed by atoms with Crippen LogP contribution in [0.1, 0.15) is 168 Å². The van der Waals surface area contributed by atoms with Gasteiger partial charge in [-0.2, -0.15) is 0 Å². The Bertz CT molecular complexity index is 316. The van der Waals surface area contributed by atoms with Gasteiger partial charge in [-0.1, -0.05) is 161 Å². The highest BCUT2D eigenvalue weighted by Crippen LogP contribution is 2.16. The van der Waals surface area contributed by atoms with E-state index in [1.165, 1.54) is 154 Å². The van der Waals surface area contributed by atoms with Crippen LogP contribution in [0.2, 0.25) is 0 Å². The van der Waals surface area contributed by atoms with Crippen LogP contribution in [0.25, 0.3) is 0 Å². The van der Waals surface area contributed by atoms with E-state index < -0.39 is 0 Å². The minimum atomic E-state index is 0.538. The molecule has 0 spiro atoms. The summed E-state index contributed by atoms with van der Waals surface area (Å²) in [6.45, 7) is 8.92. The molecular weight excluding hydrogens is 360 g/mol. The minimum Gasteiger partial charge on any atom is -0.0883 e. The van der Waals surface area contributed by atoms with Crippen molar-refractivity contribution in [2.24, 2.45) is 5.92 Å². The highest BCUT2D eigenvalue weighted by atomic mass is 14.0. The third kappa shape index (κ3) is 25.8. The quantitative estimate of drug-likeness (QED) is 0.102. The zero-order chi connectivity index (χ0) is 22.0. The van der Waals surface area contributed by atoms with Gasteiger partial charge in [0, 0.05) is 0 Å². The van der Waals surface area contributed by atoms with Gasteiger partial charge in [0.25, 0.3) is 0 Å². The number of allylic oxidation sites excluding steroid dienone is 2. The summed E-state index contributed by atoms with van der Waals surface area (Å²) in [6, 6.07) is 0. The summed E-state index contributed by atoms with van der Waals surface area (Å²) in [5.41, 5.74) is 0. The van der Waals surface area contributed by atoms with Crippen molar-refractivity contribution in [3.63, 3.8) is 0 Å². The number of hydrogen-bond donors (Lipinski definition) is 0. The van der Waals surface area contributed by atoms with Crippen LogP contribution in [0.3, 0.4) is 0 Å². The zero-order valence-corrected chi connectivity index (χ0v) is 21.4. The molecule has 1 unspecified atom stereocenters. The van der Waals surface area contributed by atoms with Crippen LogP contribution in [-0.4, -0.2) is 0 Å². The lowest BCUT2D eigenvalue weighted by atomic mass is 10.00. The molecule has 0 fully saturated rings.